The van der Waals surface area contributed by atoms with Crippen LogP contribution in [0.1, 0.15) is 33.8 Å². The molecule has 0 aliphatic heterocycles. The molecular weight excluding hydrogens is 368 g/mol. The van der Waals surface area contributed by atoms with Crippen molar-refractivity contribution >= 4 is 43.0 Å². The fourth-order valence-corrected chi connectivity index (χ4v) is 4.60. The number of hydrogen-bond acceptors (Lipinski definition) is 4. The average Bonchev–Trinajstić information content (AvgIpc) is 2.91. The van der Waals surface area contributed by atoms with Crippen LogP contribution < -0.4 is 10.0 Å². The Morgan fingerprint density at radius 1 is 1.08 bits per heavy atom. The van der Waals surface area contributed by atoms with E-state index in [2.05, 4.69) is 10.0 Å². The summed E-state index contributed by atoms with van der Waals surface area (Å²) in [4.78, 5) is 13.4. The van der Waals surface area contributed by atoms with Crippen LogP contribution in [0.2, 0.25) is 0 Å². The molecule has 0 aliphatic rings. The van der Waals surface area contributed by atoms with E-state index in [1.54, 1.807) is 18.2 Å². The molecule has 7 heteroatoms. The number of fused-ring (bicyclic) bond motifs is 1. The molecule has 0 fully saturated rings. The van der Waals surface area contributed by atoms with E-state index >= 15 is 0 Å². The largest absolute Gasteiger partial charge is 0.345 e. The zero-order chi connectivity index (χ0) is 18.9. The molecule has 0 saturated carbocycles. The van der Waals surface area contributed by atoms with E-state index in [9.17, 15) is 13.2 Å². The molecule has 0 bridgehead atoms. The van der Waals surface area contributed by atoms with Gasteiger partial charge in [-0.25, -0.2) is 8.42 Å². The molecule has 0 saturated heterocycles. The fraction of sp³-hybridized carbons (Fsp3) is 0.211. The lowest BCUT2D eigenvalue weighted by Gasteiger charge is -2.18. The van der Waals surface area contributed by atoms with Crippen molar-refractivity contribution in [2.75, 3.05) is 11.0 Å². The van der Waals surface area contributed by atoms with E-state index < -0.39 is 10.0 Å². The minimum Gasteiger partial charge on any atom is -0.345 e. The summed E-state index contributed by atoms with van der Waals surface area (Å²) in [6.45, 7) is 3.78. The maximum absolute atomic E-state index is 12.8. The van der Waals surface area contributed by atoms with Crippen LogP contribution >= 0.6 is 11.3 Å². The molecule has 0 aliphatic carbocycles. The van der Waals surface area contributed by atoms with Gasteiger partial charge in [0.05, 0.1) is 22.9 Å². The molecule has 2 aromatic carbocycles. The normalized spacial score (nSPS) is 12.7. The molecule has 0 radical (unpaired) electrons. The van der Waals surface area contributed by atoms with Crippen LogP contribution in [-0.2, 0) is 10.0 Å². The maximum atomic E-state index is 12.8. The van der Waals surface area contributed by atoms with E-state index in [0.29, 0.717) is 16.1 Å². The number of carbonyl (C=O) groups is 1. The van der Waals surface area contributed by atoms with Crippen molar-refractivity contribution in [1.29, 1.82) is 0 Å². The third kappa shape index (κ3) is 3.89. The third-order valence-electron chi connectivity index (χ3n) is 4.12. The zero-order valence-electron chi connectivity index (χ0n) is 14.7. The highest BCUT2D eigenvalue weighted by atomic mass is 32.2. The van der Waals surface area contributed by atoms with Crippen molar-refractivity contribution in [1.82, 2.24) is 5.32 Å². The van der Waals surface area contributed by atoms with E-state index in [4.69, 9.17) is 0 Å². The average molecular weight is 389 g/mol. The molecule has 1 unspecified atom stereocenters. The first-order chi connectivity index (χ1) is 12.3. The van der Waals surface area contributed by atoms with Crippen molar-refractivity contribution in [2.45, 2.75) is 19.9 Å². The summed E-state index contributed by atoms with van der Waals surface area (Å²) in [6.07, 6.45) is 1.10. The topological polar surface area (TPSA) is 75.3 Å². The number of para-hydroxylation sites is 1. The van der Waals surface area contributed by atoms with E-state index in [0.717, 1.165) is 21.9 Å². The van der Waals surface area contributed by atoms with Crippen molar-refractivity contribution in [3.05, 3.63) is 64.5 Å². The van der Waals surface area contributed by atoms with E-state index in [-0.39, 0.29) is 11.9 Å². The molecule has 1 heterocycles. The number of thiophene rings is 1. The van der Waals surface area contributed by atoms with Gasteiger partial charge in [0.1, 0.15) is 0 Å². The minimum atomic E-state index is -3.40. The molecule has 136 valence electrons. The second-order valence-electron chi connectivity index (χ2n) is 6.21. The van der Waals surface area contributed by atoms with Crippen molar-refractivity contribution in [3.8, 4) is 0 Å². The quantitative estimate of drug-likeness (QED) is 0.692. The van der Waals surface area contributed by atoms with Crippen LogP contribution in [0.3, 0.4) is 0 Å². The van der Waals surface area contributed by atoms with Gasteiger partial charge in [-0.05, 0) is 42.5 Å². The number of benzene rings is 2. The van der Waals surface area contributed by atoms with Gasteiger partial charge in [0.2, 0.25) is 10.0 Å². The number of amides is 1. The minimum absolute atomic E-state index is 0.162. The Labute approximate surface area is 157 Å². The van der Waals surface area contributed by atoms with Gasteiger partial charge in [0, 0.05) is 4.70 Å². The van der Waals surface area contributed by atoms with E-state index in [1.807, 2.05) is 44.2 Å². The Morgan fingerprint density at radius 2 is 1.73 bits per heavy atom. The van der Waals surface area contributed by atoms with Crippen LogP contribution in [0.25, 0.3) is 10.1 Å². The predicted molar refractivity (Wildman–Crippen MR) is 107 cm³/mol. The van der Waals surface area contributed by atoms with Crippen molar-refractivity contribution in [2.24, 2.45) is 0 Å². The highest BCUT2D eigenvalue weighted by Crippen LogP contribution is 2.31. The van der Waals surface area contributed by atoms with Crippen LogP contribution in [0.4, 0.5) is 5.69 Å². The summed E-state index contributed by atoms with van der Waals surface area (Å²) >= 11 is 1.46. The monoisotopic (exact) mass is 388 g/mol. The second kappa shape index (κ2) is 7.09. The Bertz CT molecular complexity index is 1070. The number of carbonyl (C=O) groups excluding carboxylic acids is 1. The van der Waals surface area contributed by atoms with Crippen molar-refractivity contribution in [3.63, 3.8) is 0 Å². The van der Waals surface area contributed by atoms with Gasteiger partial charge < -0.3 is 5.32 Å². The molecule has 0 spiro atoms. The maximum Gasteiger partial charge on any atom is 0.262 e. The smallest absolute Gasteiger partial charge is 0.262 e. The SMILES string of the molecule is Cc1c(C(=O)NC(C)c2ccccc2NS(C)(=O)=O)sc2ccccc12. The second-order valence-corrected chi connectivity index (χ2v) is 9.01. The number of nitrogens with one attached hydrogen (secondary N) is 2. The molecule has 1 atom stereocenters. The van der Waals surface area contributed by atoms with Crippen LogP contribution in [0.5, 0.6) is 0 Å². The molecule has 5 nitrogen and oxygen atoms in total. The molecule has 3 aromatic rings. The first-order valence-electron chi connectivity index (χ1n) is 8.12. The molecule has 26 heavy (non-hydrogen) atoms. The van der Waals surface area contributed by atoms with Gasteiger partial charge in [0.15, 0.2) is 0 Å². The van der Waals surface area contributed by atoms with Gasteiger partial charge in [-0.3, -0.25) is 9.52 Å². The van der Waals surface area contributed by atoms with Crippen LogP contribution in [0.15, 0.2) is 48.5 Å². The standard InChI is InChI=1S/C19H20N2O3S2/c1-12-14-8-5-7-11-17(14)25-18(12)19(22)20-13(2)15-9-4-6-10-16(15)21-26(3,23)24/h4-11,13,21H,1-3H3,(H,20,22). The first-order valence-corrected chi connectivity index (χ1v) is 10.8. The fourth-order valence-electron chi connectivity index (χ4n) is 2.90. The molecule has 1 amide bonds. The number of sulfonamides is 1. The number of anilines is 1. The van der Waals surface area contributed by atoms with Gasteiger partial charge >= 0.3 is 0 Å². The van der Waals surface area contributed by atoms with Crippen LogP contribution in [-0.4, -0.2) is 20.6 Å². The summed E-state index contributed by atoms with van der Waals surface area (Å²) in [7, 11) is -3.40. The van der Waals surface area contributed by atoms with Crippen LogP contribution in [0, 0.1) is 6.92 Å². The summed E-state index contributed by atoms with van der Waals surface area (Å²) in [6, 6.07) is 14.6. The molecule has 1 aromatic heterocycles. The van der Waals surface area contributed by atoms with Crippen molar-refractivity contribution < 1.29 is 13.2 Å². The lowest BCUT2D eigenvalue weighted by Crippen LogP contribution is -2.27. The van der Waals surface area contributed by atoms with Gasteiger partial charge in [-0.1, -0.05) is 36.4 Å². The third-order valence-corrected chi connectivity index (χ3v) is 5.98. The Hall–Kier alpha value is -2.38. The Kier molecular flexibility index (Phi) is 5.02. The highest BCUT2D eigenvalue weighted by molar-refractivity contribution is 7.92. The Morgan fingerprint density at radius 3 is 2.42 bits per heavy atom. The summed E-state index contributed by atoms with van der Waals surface area (Å²) in [5, 5.41) is 4.06. The molecule has 3 rings (SSSR count). The summed E-state index contributed by atoms with van der Waals surface area (Å²) in [5.74, 6) is -0.162. The first kappa shape index (κ1) is 18.4. The number of rotatable bonds is 5. The summed E-state index contributed by atoms with van der Waals surface area (Å²) in [5.41, 5.74) is 2.14. The van der Waals surface area contributed by atoms with Gasteiger partial charge in [-0.15, -0.1) is 11.3 Å². The zero-order valence-corrected chi connectivity index (χ0v) is 16.4. The highest BCUT2D eigenvalue weighted by Gasteiger charge is 2.19. The number of aryl methyl sites for hydroxylation is 1. The molecular formula is C19H20N2O3S2. The Balaban J connectivity index is 1.87. The molecule has 2 N–H and O–H groups in total. The lowest BCUT2D eigenvalue weighted by molar-refractivity contribution is 0.0943. The van der Waals surface area contributed by atoms with Gasteiger partial charge in [-0.2, -0.15) is 0 Å². The predicted octanol–water partition coefficient (Wildman–Crippen LogP) is 4.07. The van der Waals surface area contributed by atoms with Gasteiger partial charge in [0.25, 0.3) is 5.91 Å². The lowest BCUT2D eigenvalue weighted by atomic mass is 10.1. The number of hydrogen-bond donors (Lipinski definition) is 2. The van der Waals surface area contributed by atoms with E-state index in [1.165, 1.54) is 11.3 Å². The summed E-state index contributed by atoms with van der Waals surface area (Å²) < 4.78 is 26.7.